The largest absolute Gasteiger partial charge is 0.376 e. The number of rotatable bonds is 3. The van der Waals surface area contributed by atoms with E-state index in [0.29, 0.717) is 6.61 Å². The van der Waals surface area contributed by atoms with E-state index in [1.165, 1.54) is 0 Å². The third-order valence-corrected chi connectivity index (χ3v) is 0.664. The SMILES string of the molecule is CC([O])COC(C)C. The fourth-order valence-electron chi connectivity index (χ4n) is 0.328. The molecule has 0 fully saturated rings. The van der Waals surface area contributed by atoms with Gasteiger partial charge in [0.1, 0.15) is 6.10 Å². The molecule has 0 aliphatic carbocycles. The molecule has 1 atom stereocenters. The van der Waals surface area contributed by atoms with Crippen LogP contribution in [0, 0.1) is 0 Å². The highest BCUT2D eigenvalue weighted by Crippen LogP contribution is 1.89. The van der Waals surface area contributed by atoms with Crippen molar-refractivity contribution in [1.29, 1.82) is 0 Å². The van der Waals surface area contributed by atoms with Gasteiger partial charge in [0.2, 0.25) is 0 Å². The van der Waals surface area contributed by atoms with Crippen LogP contribution in [-0.4, -0.2) is 18.8 Å². The summed E-state index contributed by atoms with van der Waals surface area (Å²) in [4.78, 5) is 0. The summed E-state index contributed by atoms with van der Waals surface area (Å²) in [5, 5.41) is 10.3. The summed E-state index contributed by atoms with van der Waals surface area (Å²) in [6, 6.07) is 0. The quantitative estimate of drug-likeness (QED) is 0.546. The molecule has 49 valence electrons. The van der Waals surface area contributed by atoms with E-state index in [-0.39, 0.29) is 6.10 Å². The van der Waals surface area contributed by atoms with Gasteiger partial charge in [-0.05, 0) is 20.8 Å². The first kappa shape index (κ1) is 7.92. The molecule has 0 aliphatic rings. The molecule has 2 heteroatoms. The average Bonchev–Trinajstić information content (AvgIpc) is 1.61. The van der Waals surface area contributed by atoms with Gasteiger partial charge in [-0.2, -0.15) is 0 Å². The van der Waals surface area contributed by atoms with Crippen molar-refractivity contribution in [3.05, 3.63) is 0 Å². The molecular formula is C6H13O2. The summed E-state index contributed by atoms with van der Waals surface area (Å²) in [5.74, 6) is 0. The maximum absolute atomic E-state index is 10.3. The summed E-state index contributed by atoms with van der Waals surface area (Å²) >= 11 is 0. The molecule has 0 N–H and O–H groups in total. The van der Waals surface area contributed by atoms with E-state index >= 15 is 0 Å². The monoisotopic (exact) mass is 117 g/mol. The van der Waals surface area contributed by atoms with Gasteiger partial charge in [0.15, 0.2) is 0 Å². The lowest BCUT2D eigenvalue weighted by atomic mass is 10.4. The summed E-state index contributed by atoms with van der Waals surface area (Å²) in [7, 11) is 0. The summed E-state index contributed by atoms with van der Waals surface area (Å²) < 4.78 is 4.99. The second kappa shape index (κ2) is 3.87. The van der Waals surface area contributed by atoms with E-state index in [2.05, 4.69) is 0 Å². The van der Waals surface area contributed by atoms with Crippen LogP contribution < -0.4 is 0 Å². The molecule has 0 spiro atoms. The molecule has 0 aliphatic heterocycles. The van der Waals surface area contributed by atoms with Crippen molar-refractivity contribution in [2.45, 2.75) is 33.0 Å². The maximum Gasteiger partial charge on any atom is 0.113 e. The van der Waals surface area contributed by atoms with Crippen molar-refractivity contribution in [3.8, 4) is 0 Å². The van der Waals surface area contributed by atoms with Crippen LogP contribution in [0.2, 0.25) is 0 Å². The van der Waals surface area contributed by atoms with Crippen LogP contribution in [0.5, 0.6) is 0 Å². The third kappa shape index (κ3) is 5.92. The Kier molecular flexibility index (Phi) is 3.83. The Labute approximate surface area is 50.5 Å². The highest BCUT2D eigenvalue weighted by Gasteiger charge is 1.98. The Hall–Kier alpha value is -0.0800. The van der Waals surface area contributed by atoms with Gasteiger partial charge in [0.05, 0.1) is 12.7 Å². The zero-order valence-electron chi connectivity index (χ0n) is 5.68. The highest BCUT2D eigenvalue weighted by atomic mass is 16.5. The van der Waals surface area contributed by atoms with Gasteiger partial charge in [-0.3, -0.25) is 0 Å². The molecule has 0 bridgehead atoms. The van der Waals surface area contributed by atoms with Crippen LogP contribution in [0.25, 0.3) is 0 Å². The fourth-order valence-corrected chi connectivity index (χ4v) is 0.328. The molecular weight excluding hydrogens is 104 g/mol. The number of hydrogen-bond acceptors (Lipinski definition) is 1. The molecule has 0 saturated heterocycles. The topological polar surface area (TPSA) is 29.1 Å². The maximum atomic E-state index is 10.3. The van der Waals surface area contributed by atoms with Crippen LogP contribution in [0.4, 0.5) is 0 Å². The van der Waals surface area contributed by atoms with E-state index in [1.807, 2.05) is 13.8 Å². The second-order valence-corrected chi connectivity index (χ2v) is 2.19. The lowest BCUT2D eigenvalue weighted by molar-refractivity contribution is -0.0163. The van der Waals surface area contributed by atoms with Crippen molar-refractivity contribution in [2.75, 3.05) is 6.61 Å². The van der Waals surface area contributed by atoms with Gasteiger partial charge in [0.25, 0.3) is 0 Å². The minimum absolute atomic E-state index is 0.186. The predicted octanol–water partition coefficient (Wildman–Crippen LogP) is 1.23. The first-order valence-corrected chi connectivity index (χ1v) is 2.90. The van der Waals surface area contributed by atoms with Crippen molar-refractivity contribution < 1.29 is 9.84 Å². The van der Waals surface area contributed by atoms with Crippen molar-refractivity contribution >= 4 is 0 Å². The van der Waals surface area contributed by atoms with E-state index in [9.17, 15) is 5.11 Å². The molecule has 0 aromatic carbocycles. The molecule has 1 radical (unpaired) electrons. The third-order valence-electron chi connectivity index (χ3n) is 0.664. The van der Waals surface area contributed by atoms with E-state index in [4.69, 9.17) is 4.74 Å². The first-order chi connectivity index (χ1) is 3.63. The Morgan fingerprint density at radius 1 is 1.38 bits per heavy atom. The molecule has 0 saturated carbocycles. The van der Waals surface area contributed by atoms with Gasteiger partial charge >= 0.3 is 0 Å². The molecule has 0 aromatic heterocycles. The minimum Gasteiger partial charge on any atom is -0.376 e. The average molecular weight is 117 g/mol. The molecule has 0 rings (SSSR count). The normalized spacial score (nSPS) is 14.6. The van der Waals surface area contributed by atoms with E-state index < -0.39 is 6.10 Å². The number of ether oxygens (including phenoxy) is 1. The van der Waals surface area contributed by atoms with Crippen molar-refractivity contribution in [2.24, 2.45) is 0 Å². The van der Waals surface area contributed by atoms with Crippen LogP contribution in [-0.2, 0) is 9.84 Å². The second-order valence-electron chi connectivity index (χ2n) is 2.19. The summed E-state index contributed by atoms with van der Waals surface area (Å²) in [6.07, 6.45) is -0.399. The van der Waals surface area contributed by atoms with Crippen molar-refractivity contribution in [1.82, 2.24) is 0 Å². The highest BCUT2D eigenvalue weighted by molar-refractivity contribution is 4.43. The van der Waals surface area contributed by atoms with Gasteiger partial charge in [0, 0.05) is 0 Å². The van der Waals surface area contributed by atoms with E-state index in [1.54, 1.807) is 6.92 Å². The zero-order chi connectivity index (χ0) is 6.57. The number of hydrogen-bond donors (Lipinski definition) is 0. The van der Waals surface area contributed by atoms with Crippen molar-refractivity contribution in [3.63, 3.8) is 0 Å². The lowest BCUT2D eigenvalue weighted by Gasteiger charge is -2.06. The van der Waals surface area contributed by atoms with Crippen LogP contribution in [0.15, 0.2) is 0 Å². The van der Waals surface area contributed by atoms with Gasteiger partial charge < -0.3 is 4.74 Å². The van der Waals surface area contributed by atoms with Gasteiger partial charge in [-0.1, -0.05) is 0 Å². The summed E-state index contributed by atoms with van der Waals surface area (Å²) in [6.45, 7) is 5.77. The minimum atomic E-state index is -0.586. The predicted molar refractivity (Wildman–Crippen MR) is 31.2 cm³/mol. The molecule has 0 amide bonds. The van der Waals surface area contributed by atoms with Crippen LogP contribution in [0.1, 0.15) is 20.8 Å². The first-order valence-electron chi connectivity index (χ1n) is 2.90. The Morgan fingerprint density at radius 3 is 2.00 bits per heavy atom. The molecule has 8 heavy (non-hydrogen) atoms. The molecule has 2 nitrogen and oxygen atoms in total. The molecule has 0 aromatic rings. The van der Waals surface area contributed by atoms with Crippen LogP contribution >= 0.6 is 0 Å². The summed E-state index contributed by atoms with van der Waals surface area (Å²) in [5.41, 5.74) is 0. The molecule has 0 heterocycles. The lowest BCUT2D eigenvalue weighted by Crippen LogP contribution is -2.13. The Balaban J connectivity index is 2.93. The molecule has 1 unspecified atom stereocenters. The smallest absolute Gasteiger partial charge is 0.113 e. The van der Waals surface area contributed by atoms with Gasteiger partial charge in [-0.15, -0.1) is 0 Å². The van der Waals surface area contributed by atoms with Crippen LogP contribution in [0.3, 0.4) is 0 Å². The fraction of sp³-hybridized carbons (Fsp3) is 1.00. The van der Waals surface area contributed by atoms with E-state index in [0.717, 1.165) is 0 Å². The standard InChI is InChI=1S/C6H13O2/c1-5(2)8-4-6(3)7/h5-6H,4H2,1-3H3. The zero-order valence-corrected chi connectivity index (χ0v) is 5.68. The Morgan fingerprint density at radius 2 is 1.88 bits per heavy atom. The van der Waals surface area contributed by atoms with Gasteiger partial charge in [-0.25, -0.2) is 5.11 Å². The Bertz CT molecular complexity index is 42.5.